The molecule has 88 valence electrons. The number of halogens is 1. The van der Waals surface area contributed by atoms with Gasteiger partial charge in [-0.3, -0.25) is 14.7 Å². The average molecular weight is 235 g/mol. The lowest BCUT2D eigenvalue weighted by Crippen LogP contribution is -2.03. The van der Waals surface area contributed by atoms with Crippen LogP contribution in [0.1, 0.15) is 11.4 Å². The van der Waals surface area contributed by atoms with Gasteiger partial charge in [-0.05, 0) is 25.5 Å². The minimum Gasteiger partial charge on any atom is -0.298 e. The summed E-state index contributed by atoms with van der Waals surface area (Å²) in [7, 11) is 0. The molecule has 2 aromatic rings. The summed E-state index contributed by atoms with van der Waals surface area (Å²) >= 11 is 0. The van der Waals surface area contributed by atoms with E-state index in [9.17, 15) is 14.5 Å². The third-order valence-corrected chi connectivity index (χ3v) is 2.54. The highest BCUT2D eigenvalue weighted by molar-refractivity contribution is 5.55. The van der Waals surface area contributed by atoms with Crippen LogP contribution in [0.5, 0.6) is 0 Å². The van der Waals surface area contributed by atoms with Crippen LogP contribution in [0, 0.1) is 29.8 Å². The molecule has 0 spiro atoms. The predicted molar refractivity (Wildman–Crippen MR) is 59.7 cm³/mol. The van der Waals surface area contributed by atoms with Crippen molar-refractivity contribution >= 4 is 5.69 Å². The fourth-order valence-corrected chi connectivity index (χ4v) is 1.63. The van der Waals surface area contributed by atoms with Gasteiger partial charge >= 0.3 is 0 Å². The summed E-state index contributed by atoms with van der Waals surface area (Å²) in [4.78, 5) is 14.3. The Morgan fingerprint density at radius 1 is 1.41 bits per heavy atom. The molecule has 0 aliphatic carbocycles. The van der Waals surface area contributed by atoms with Crippen LogP contribution in [0.25, 0.3) is 5.69 Å². The third-order valence-electron chi connectivity index (χ3n) is 2.54. The van der Waals surface area contributed by atoms with E-state index in [1.807, 2.05) is 0 Å². The predicted octanol–water partition coefficient (Wildman–Crippen LogP) is 2.54. The topological polar surface area (TPSA) is 61.0 Å². The van der Waals surface area contributed by atoms with Crippen LogP contribution >= 0.6 is 0 Å². The molecule has 6 heteroatoms. The van der Waals surface area contributed by atoms with Crippen molar-refractivity contribution in [3.63, 3.8) is 0 Å². The highest BCUT2D eigenvalue weighted by atomic mass is 19.1. The van der Waals surface area contributed by atoms with Crippen molar-refractivity contribution in [1.82, 2.24) is 9.55 Å². The minimum atomic E-state index is -0.600. The third kappa shape index (κ3) is 1.89. The molecule has 0 aliphatic rings. The van der Waals surface area contributed by atoms with Gasteiger partial charge in [-0.25, -0.2) is 9.37 Å². The molecule has 1 heterocycles. The average Bonchev–Trinajstić information content (AvgIpc) is 2.67. The number of rotatable bonds is 2. The number of hydrogen-bond acceptors (Lipinski definition) is 3. The van der Waals surface area contributed by atoms with Gasteiger partial charge in [0.2, 0.25) is 0 Å². The Hall–Kier alpha value is -2.24. The van der Waals surface area contributed by atoms with Crippen molar-refractivity contribution in [2.45, 2.75) is 13.8 Å². The van der Waals surface area contributed by atoms with Crippen molar-refractivity contribution in [2.75, 3.05) is 0 Å². The van der Waals surface area contributed by atoms with Gasteiger partial charge in [-0.2, -0.15) is 0 Å². The standard InChI is InChI=1S/C11H10FN3O2/c1-7-5-10(14-4-3-13-8(14)2)11(15(16)17)6-9(7)12/h3-6H,1-2H3. The first-order chi connectivity index (χ1) is 8.00. The lowest BCUT2D eigenvalue weighted by molar-refractivity contribution is -0.384. The SMILES string of the molecule is Cc1cc(-n2ccnc2C)c([N+](=O)[O-])cc1F. The number of imidazole rings is 1. The fourth-order valence-electron chi connectivity index (χ4n) is 1.63. The van der Waals surface area contributed by atoms with Gasteiger partial charge in [0.15, 0.2) is 0 Å². The summed E-state index contributed by atoms with van der Waals surface area (Å²) in [5, 5.41) is 10.9. The molecular formula is C11H10FN3O2. The zero-order valence-electron chi connectivity index (χ0n) is 9.35. The number of nitrogens with zero attached hydrogens (tertiary/aromatic N) is 3. The Morgan fingerprint density at radius 3 is 2.65 bits per heavy atom. The Kier molecular flexibility index (Phi) is 2.63. The molecule has 0 N–H and O–H groups in total. The number of aromatic nitrogens is 2. The molecule has 0 atom stereocenters. The van der Waals surface area contributed by atoms with Gasteiger partial charge in [0.05, 0.1) is 11.0 Å². The molecule has 0 unspecified atom stereocenters. The van der Waals surface area contributed by atoms with E-state index in [4.69, 9.17) is 0 Å². The van der Waals surface area contributed by atoms with Crippen molar-refractivity contribution in [2.24, 2.45) is 0 Å². The van der Waals surface area contributed by atoms with Gasteiger partial charge in [0.25, 0.3) is 5.69 Å². The van der Waals surface area contributed by atoms with E-state index in [0.29, 0.717) is 17.1 Å². The highest BCUT2D eigenvalue weighted by Crippen LogP contribution is 2.26. The Labute approximate surface area is 96.7 Å². The monoisotopic (exact) mass is 235 g/mol. The molecule has 1 aromatic carbocycles. The van der Waals surface area contributed by atoms with Crippen LogP contribution in [0.3, 0.4) is 0 Å². The molecule has 0 saturated heterocycles. The molecular weight excluding hydrogens is 225 g/mol. The second kappa shape index (κ2) is 3.97. The van der Waals surface area contributed by atoms with Gasteiger partial charge in [-0.1, -0.05) is 0 Å². The van der Waals surface area contributed by atoms with E-state index < -0.39 is 10.7 Å². The normalized spacial score (nSPS) is 10.5. The van der Waals surface area contributed by atoms with E-state index in [2.05, 4.69) is 4.98 Å². The summed E-state index contributed by atoms with van der Waals surface area (Å²) in [6, 6.07) is 2.38. The smallest absolute Gasteiger partial charge is 0.296 e. The molecule has 2 rings (SSSR count). The number of nitro groups is 1. The molecule has 5 nitrogen and oxygen atoms in total. The van der Waals surface area contributed by atoms with Crippen molar-refractivity contribution in [3.05, 3.63) is 51.8 Å². The first kappa shape index (κ1) is 11.3. The highest BCUT2D eigenvalue weighted by Gasteiger charge is 2.19. The van der Waals surface area contributed by atoms with Gasteiger partial charge in [-0.15, -0.1) is 0 Å². The van der Waals surface area contributed by atoms with Gasteiger partial charge in [0.1, 0.15) is 17.3 Å². The van der Waals surface area contributed by atoms with Gasteiger partial charge in [0, 0.05) is 12.4 Å². The summed E-state index contributed by atoms with van der Waals surface area (Å²) < 4.78 is 14.9. The maximum Gasteiger partial charge on any atom is 0.296 e. The zero-order valence-corrected chi connectivity index (χ0v) is 9.35. The van der Waals surface area contributed by atoms with Crippen LogP contribution < -0.4 is 0 Å². The second-order valence-corrected chi connectivity index (χ2v) is 3.69. The Morgan fingerprint density at radius 2 is 2.12 bits per heavy atom. The zero-order chi connectivity index (χ0) is 12.6. The van der Waals surface area contributed by atoms with Crippen LogP contribution in [0.2, 0.25) is 0 Å². The molecule has 0 aliphatic heterocycles. The molecule has 0 saturated carbocycles. The largest absolute Gasteiger partial charge is 0.298 e. The molecule has 0 amide bonds. The van der Waals surface area contributed by atoms with Crippen molar-refractivity contribution in [3.8, 4) is 5.69 Å². The summed E-state index contributed by atoms with van der Waals surface area (Å²) in [5.41, 5.74) is 0.414. The summed E-state index contributed by atoms with van der Waals surface area (Å²) in [6.45, 7) is 3.29. The quantitative estimate of drug-likeness (QED) is 0.593. The van der Waals surface area contributed by atoms with E-state index in [1.54, 1.807) is 24.6 Å². The van der Waals surface area contributed by atoms with Crippen LogP contribution in [0.4, 0.5) is 10.1 Å². The first-order valence-electron chi connectivity index (χ1n) is 4.95. The van der Waals surface area contributed by atoms with E-state index in [0.717, 1.165) is 6.07 Å². The first-order valence-corrected chi connectivity index (χ1v) is 4.95. The Bertz CT molecular complexity index is 592. The lowest BCUT2D eigenvalue weighted by Gasteiger charge is -2.07. The van der Waals surface area contributed by atoms with Crippen molar-refractivity contribution in [1.29, 1.82) is 0 Å². The molecule has 17 heavy (non-hydrogen) atoms. The number of aryl methyl sites for hydroxylation is 2. The number of benzene rings is 1. The number of nitro benzene ring substituents is 1. The molecule has 0 radical (unpaired) electrons. The second-order valence-electron chi connectivity index (χ2n) is 3.69. The Balaban J connectivity index is 2.72. The minimum absolute atomic E-state index is 0.269. The lowest BCUT2D eigenvalue weighted by atomic mass is 10.1. The van der Waals surface area contributed by atoms with E-state index >= 15 is 0 Å². The summed E-state index contributed by atoms with van der Waals surface area (Å²) in [6.07, 6.45) is 3.15. The maximum absolute atomic E-state index is 13.3. The summed E-state index contributed by atoms with van der Waals surface area (Å²) in [5.74, 6) is 0.0253. The molecule has 1 aromatic heterocycles. The van der Waals surface area contributed by atoms with Crippen LogP contribution in [0.15, 0.2) is 24.5 Å². The van der Waals surface area contributed by atoms with Gasteiger partial charge < -0.3 is 0 Å². The van der Waals surface area contributed by atoms with Crippen LogP contribution in [-0.2, 0) is 0 Å². The van der Waals surface area contributed by atoms with Crippen LogP contribution in [-0.4, -0.2) is 14.5 Å². The molecule has 0 bridgehead atoms. The van der Waals surface area contributed by atoms with E-state index in [-0.39, 0.29) is 5.69 Å². The maximum atomic E-state index is 13.3. The van der Waals surface area contributed by atoms with Crippen molar-refractivity contribution < 1.29 is 9.31 Å². The fraction of sp³-hybridized carbons (Fsp3) is 0.182. The number of hydrogen-bond donors (Lipinski definition) is 0. The van der Waals surface area contributed by atoms with E-state index in [1.165, 1.54) is 12.3 Å². The molecule has 0 fully saturated rings.